The van der Waals surface area contributed by atoms with Gasteiger partial charge in [0.1, 0.15) is 17.2 Å². The molecular formula is C20H20F3N7. The third-order valence-electron chi connectivity index (χ3n) is 5.25. The Labute approximate surface area is 171 Å². The Morgan fingerprint density at radius 3 is 2.67 bits per heavy atom. The molecule has 0 spiro atoms. The molecule has 30 heavy (non-hydrogen) atoms. The fourth-order valence-corrected chi connectivity index (χ4v) is 3.74. The van der Waals surface area contributed by atoms with Gasteiger partial charge in [-0.2, -0.15) is 18.3 Å². The Hall–Kier alpha value is -3.32. The molecule has 1 fully saturated rings. The van der Waals surface area contributed by atoms with E-state index in [0.717, 1.165) is 42.3 Å². The monoisotopic (exact) mass is 415 g/mol. The van der Waals surface area contributed by atoms with E-state index in [0.29, 0.717) is 24.7 Å². The summed E-state index contributed by atoms with van der Waals surface area (Å²) in [6.45, 7) is 12.0. The maximum atomic E-state index is 12.8. The van der Waals surface area contributed by atoms with Gasteiger partial charge in [-0.1, -0.05) is 6.57 Å². The highest BCUT2D eigenvalue weighted by Crippen LogP contribution is 2.30. The first-order valence-corrected chi connectivity index (χ1v) is 9.46. The Balaban J connectivity index is 1.42. The van der Waals surface area contributed by atoms with E-state index in [2.05, 4.69) is 29.9 Å². The molecule has 1 saturated heterocycles. The average molecular weight is 415 g/mol. The van der Waals surface area contributed by atoms with Crippen molar-refractivity contribution in [3.8, 4) is 11.4 Å². The second-order valence-electron chi connectivity index (χ2n) is 7.32. The number of piperazine rings is 1. The van der Waals surface area contributed by atoms with Crippen molar-refractivity contribution in [3.05, 3.63) is 59.2 Å². The van der Waals surface area contributed by atoms with E-state index in [1.807, 2.05) is 17.9 Å². The van der Waals surface area contributed by atoms with Gasteiger partial charge in [0, 0.05) is 44.0 Å². The number of rotatable bonds is 4. The summed E-state index contributed by atoms with van der Waals surface area (Å²) in [5, 5.41) is 7.14. The lowest BCUT2D eigenvalue weighted by Gasteiger charge is -2.40. The first-order chi connectivity index (χ1) is 14.3. The van der Waals surface area contributed by atoms with E-state index in [1.54, 1.807) is 12.3 Å². The number of aromatic nitrogens is 4. The highest BCUT2D eigenvalue weighted by atomic mass is 19.4. The molecular weight excluding hydrogens is 395 g/mol. The van der Waals surface area contributed by atoms with Crippen LogP contribution < -0.4 is 4.90 Å². The summed E-state index contributed by atoms with van der Waals surface area (Å²) in [5.41, 5.74) is 1.94. The zero-order valence-electron chi connectivity index (χ0n) is 16.2. The van der Waals surface area contributed by atoms with Crippen molar-refractivity contribution in [3.63, 3.8) is 0 Å². The molecule has 0 aliphatic carbocycles. The number of anilines is 1. The molecule has 10 heteroatoms. The van der Waals surface area contributed by atoms with Crippen molar-refractivity contribution >= 4 is 11.6 Å². The fraction of sp³-hybridized carbons (Fsp3) is 0.350. The average Bonchev–Trinajstić information content (AvgIpc) is 3.36. The molecule has 2 N–H and O–H groups in total. The summed E-state index contributed by atoms with van der Waals surface area (Å²) in [6, 6.07) is 6.18. The minimum atomic E-state index is -4.38. The van der Waals surface area contributed by atoms with Gasteiger partial charge < -0.3 is 14.7 Å². The number of nitrogens with one attached hydrogen (secondary N) is 2. The summed E-state index contributed by atoms with van der Waals surface area (Å²) in [7, 11) is 0. The van der Waals surface area contributed by atoms with E-state index in [4.69, 9.17) is 6.57 Å². The Bertz CT molecular complexity index is 1050. The third kappa shape index (κ3) is 4.02. The molecule has 1 atom stereocenters. The maximum Gasteiger partial charge on any atom is 0.417 e. The van der Waals surface area contributed by atoms with Gasteiger partial charge in [-0.05, 0) is 31.2 Å². The fourth-order valence-electron chi connectivity index (χ4n) is 3.74. The topological polar surface area (TPSA) is 68.2 Å². The maximum absolute atomic E-state index is 12.8. The Kier molecular flexibility index (Phi) is 5.22. The van der Waals surface area contributed by atoms with Crippen LogP contribution in [-0.2, 0) is 12.7 Å². The molecule has 0 amide bonds. The van der Waals surface area contributed by atoms with Gasteiger partial charge in [0.25, 0.3) is 0 Å². The van der Waals surface area contributed by atoms with Crippen LogP contribution in [0.5, 0.6) is 0 Å². The van der Waals surface area contributed by atoms with Crippen LogP contribution in [0.15, 0.2) is 36.7 Å². The Morgan fingerprint density at radius 2 is 2.03 bits per heavy atom. The zero-order chi connectivity index (χ0) is 21.3. The number of alkyl halides is 3. The van der Waals surface area contributed by atoms with Crippen LogP contribution in [-0.4, -0.2) is 50.7 Å². The van der Waals surface area contributed by atoms with Crippen molar-refractivity contribution in [2.45, 2.75) is 25.7 Å². The summed E-state index contributed by atoms with van der Waals surface area (Å²) < 4.78 is 38.3. The highest BCUT2D eigenvalue weighted by Gasteiger charge is 2.32. The summed E-state index contributed by atoms with van der Waals surface area (Å²) >= 11 is 0. The van der Waals surface area contributed by atoms with E-state index in [-0.39, 0.29) is 6.04 Å². The van der Waals surface area contributed by atoms with Crippen LogP contribution in [0.3, 0.4) is 0 Å². The standard InChI is InChI=1S/C20H20F3N7/c1-13-11-29(7-8-30(13)18-6-3-15(10-25-18)20(21,22)23)12-14-9-26-28-19(14)16-4-5-17(24-2)27-16/h3-6,9-10,13,27H,7-8,11-12H2,1H3,(H,26,28)/t13-/m1/s1. The van der Waals surface area contributed by atoms with Crippen molar-refractivity contribution in [2.24, 2.45) is 0 Å². The van der Waals surface area contributed by atoms with Gasteiger partial charge in [-0.15, -0.1) is 0 Å². The van der Waals surface area contributed by atoms with E-state index < -0.39 is 11.7 Å². The zero-order valence-corrected chi connectivity index (χ0v) is 16.2. The summed E-state index contributed by atoms with van der Waals surface area (Å²) in [5.74, 6) is 1.02. The first kappa shape index (κ1) is 20.0. The van der Waals surface area contributed by atoms with Crippen molar-refractivity contribution in [1.29, 1.82) is 0 Å². The van der Waals surface area contributed by atoms with Crippen LogP contribution in [0.2, 0.25) is 0 Å². The predicted molar refractivity (Wildman–Crippen MR) is 106 cm³/mol. The van der Waals surface area contributed by atoms with Crippen LogP contribution in [0.1, 0.15) is 18.1 Å². The van der Waals surface area contributed by atoms with Crippen LogP contribution >= 0.6 is 0 Å². The second kappa shape index (κ2) is 7.84. The summed E-state index contributed by atoms with van der Waals surface area (Å²) in [6.07, 6.45) is -1.71. The normalized spacial score (nSPS) is 17.8. The van der Waals surface area contributed by atoms with Gasteiger partial charge in [0.05, 0.1) is 11.8 Å². The predicted octanol–water partition coefficient (Wildman–Crippen LogP) is 4.08. The molecule has 3 aromatic heterocycles. The molecule has 7 nitrogen and oxygen atoms in total. The number of nitrogens with zero attached hydrogens (tertiary/aromatic N) is 5. The number of H-pyrrole nitrogens is 2. The van der Waals surface area contributed by atoms with Crippen molar-refractivity contribution in [1.82, 2.24) is 25.1 Å². The molecule has 4 rings (SSSR count). The second-order valence-corrected chi connectivity index (χ2v) is 7.32. The number of hydrogen-bond donors (Lipinski definition) is 2. The molecule has 0 radical (unpaired) electrons. The molecule has 156 valence electrons. The van der Waals surface area contributed by atoms with Gasteiger partial charge in [0.15, 0.2) is 0 Å². The molecule has 0 unspecified atom stereocenters. The van der Waals surface area contributed by atoms with Gasteiger partial charge >= 0.3 is 6.18 Å². The molecule has 4 heterocycles. The molecule has 1 aliphatic rings. The lowest BCUT2D eigenvalue weighted by Crippen LogP contribution is -2.51. The summed E-state index contributed by atoms with van der Waals surface area (Å²) in [4.78, 5) is 14.8. The SMILES string of the molecule is [C-]#[N+]c1ccc(-c2[nH]ncc2CN2CCN(c3ccc(C(F)(F)F)cn3)[C@H](C)C2)[nH]1. The minimum Gasteiger partial charge on any atom is -0.364 e. The molecule has 0 bridgehead atoms. The number of aromatic amines is 2. The van der Waals surface area contributed by atoms with E-state index in [1.165, 1.54) is 6.07 Å². The number of halogens is 3. The lowest BCUT2D eigenvalue weighted by molar-refractivity contribution is -0.137. The molecule has 0 saturated carbocycles. The van der Waals surface area contributed by atoms with Crippen molar-refractivity contribution in [2.75, 3.05) is 24.5 Å². The van der Waals surface area contributed by atoms with Crippen molar-refractivity contribution < 1.29 is 13.2 Å². The van der Waals surface area contributed by atoms with Crippen LogP contribution in [0, 0.1) is 6.57 Å². The first-order valence-electron chi connectivity index (χ1n) is 9.46. The van der Waals surface area contributed by atoms with E-state index >= 15 is 0 Å². The minimum absolute atomic E-state index is 0.0949. The quantitative estimate of drug-likeness (QED) is 0.630. The smallest absolute Gasteiger partial charge is 0.364 e. The van der Waals surface area contributed by atoms with Crippen LogP contribution in [0.4, 0.5) is 24.8 Å². The lowest BCUT2D eigenvalue weighted by atomic mass is 10.1. The van der Waals surface area contributed by atoms with Crippen LogP contribution in [0.25, 0.3) is 16.2 Å². The van der Waals surface area contributed by atoms with Gasteiger partial charge in [-0.25, -0.2) is 4.98 Å². The number of pyridine rings is 1. The largest absolute Gasteiger partial charge is 0.417 e. The number of hydrogen-bond acceptors (Lipinski definition) is 4. The highest BCUT2D eigenvalue weighted by molar-refractivity contribution is 5.62. The molecule has 1 aliphatic heterocycles. The molecule has 3 aromatic rings. The van der Waals surface area contributed by atoms with E-state index in [9.17, 15) is 13.2 Å². The van der Waals surface area contributed by atoms with Gasteiger partial charge in [-0.3, -0.25) is 10.00 Å². The third-order valence-corrected chi connectivity index (χ3v) is 5.25. The Morgan fingerprint density at radius 1 is 1.20 bits per heavy atom. The van der Waals surface area contributed by atoms with Gasteiger partial charge in [0.2, 0.25) is 5.82 Å². The molecule has 0 aromatic carbocycles.